The molecule has 0 spiro atoms. The van der Waals surface area contributed by atoms with E-state index in [0.717, 1.165) is 16.9 Å². The fraction of sp³-hybridized carbons (Fsp3) is 0.409. The maximum Gasteiger partial charge on any atom is 0.200 e. The number of thiophene rings is 1. The van der Waals surface area contributed by atoms with Crippen molar-refractivity contribution in [1.82, 2.24) is 0 Å². The first-order valence-electron chi connectivity index (χ1n) is 9.09. The Morgan fingerprint density at radius 3 is 2.48 bits per heavy atom. The molecule has 1 aromatic carbocycles. The van der Waals surface area contributed by atoms with Crippen LogP contribution in [0.15, 0.2) is 18.2 Å². The minimum absolute atomic E-state index is 0.0365. The first-order chi connectivity index (χ1) is 12.8. The van der Waals surface area contributed by atoms with E-state index in [4.69, 9.17) is 9.47 Å². The second-order valence-electron chi connectivity index (χ2n) is 7.96. The molecule has 0 unspecified atom stereocenters. The lowest BCUT2D eigenvalue weighted by atomic mass is 9.94. The van der Waals surface area contributed by atoms with Gasteiger partial charge in [-0.2, -0.15) is 0 Å². The van der Waals surface area contributed by atoms with Gasteiger partial charge in [0.2, 0.25) is 5.75 Å². The quantitative estimate of drug-likeness (QED) is 0.584. The van der Waals surface area contributed by atoms with E-state index < -0.39 is 0 Å². The molecule has 0 aliphatic heterocycles. The number of phenols is 1. The summed E-state index contributed by atoms with van der Waals surface area (Å²) in [5, 5.41) is 10.0. The monoisotopic (exact) mass is 384 g/mol. The molecule has 1 fully saturated rings. The third-order valence-corrected chi connectivity index (χ3v) is 7.35. The lowest BCUT2D eigenvalue weighted by molar-refractivity contribution is 0.105. The Balaban J connectivity index is 1.61. The van der Waals surface area contributed by atoms with Crippen molar-refractivity contribution in [2.24, 2.45) is 11.3 Å². The van der Waals surface area contributed by atoms with E-state index in [1.165, 1.54) is 30.2 Å². The van der Waals surface area contributed by atoms with Crippen molar-refractivity contribution in [2.45, 2.75) is 33.1 Å². The van der Waals surface area contributed by atoms with Gasteiger partial charge in [-0.1, -0.05) is 19.9 Å². The van der Waals surface area contributed by atoms with Gasteiger partial charge < -0.3 is 14.6 Å². The molecule has 1 N–H and O–H groups in total. The summed E-state index contributed by atoms with van der Waals surface area (Å²) in [6, 6.07) is 3.37. The van der Waals surface area contributed by atoms with E-state index in [0.29, 0.717) is 28.7 Å². The van der Waals surface area contributed by atoms with Crippen LogP contribution in [0.1, 0.15) is 51.0 Å². The number of ether oxygens (including phenoxy) is 2. The van der Waals surface area contributed by atoms with Gasteiger partial charge in [0.25, 0.3) is 0 Å². The summed E-state index contributed by atoms with van der Waals surface area (Å²) in [7, 11) is 2.97. The predicted octanol–water partition coefficient (Wildman–Crippen LogP) is 4.97. The largest absolute Gasteiger partial charge is 0.502 e. The molecule has 0 saturated heterocycles. The van der Waals surface area contributed by atoms with Crippen LogP contribution >= 0.6 is 11.3 Å². The van der Waals surface area contributed by atoms with Gasteiger partial charge in [-0.05, 0) is 65.5 Å². The van der Waals surface area contributed by atoms with Gasteiger partial charge in [-0.3, -0.25) is 4.79 Å². The van der Waals surface area contributed by atoms with Crippen LogP contribution in [-0.2, 0) is 6.42 Å². The van der Waals surface area contributed by atoms with Crippen LogP contribution in [0.2, 0.25) is 0 Å². The summed E-state index contributed by atoms with van der Waals surface area (Å²) in [6.45, 7) is 6.79. The van der Waals surface area contributed by atoms with Crippen molar-refractivity contribution in [3.63, 3.8) is 0 Å². The summed E-state index contributed by atoms with van der Waals surface area (Å²) >= 11 is 1.62. The summed E-state index contributed by atoms with van der Waals surface area (Å²) in [6.07, 6.45) is 4.37. The molecule has 142 valence electrons. The van der Waals surface area contributed by atoms with Crippen molar-refractivity contribution in [3.8, 4) is 17.2 Å². The molecule has 27 heavy (non-hydrogen) atoms. The zero-order valence-corrected chi connectivity index (χ0v) is 17.1. The van der Waals surface area contributed by atoms with Crippen molar-refractivity contribution >= 4 is 23.2 Å². The van der Waals surface area contributed by atoms with Crippen LogP contribution < -0.4 is 9.47 Å². The van der Waals surface area contributed by atoms with Crippen molar-refractivity contribution in [2.75, 3.05) is 14.2 Å². The average Bonchev–Trinajstić information content (AvgIpc) is 2.97. The number of carbonyl (C=O) groups excluding carboxylic acids is 1. The number of ketones is 1. The van der Waals surface area contributed by atoms with E-state index in [9.17, 15) is 9.90 Å². The number of aryl methyl sites for hydroxylation is 1. The lowest BCUT2D eigenvalue weighted by Crippen LogP contribution is -2.03. The molecule has 5 heteroatoms. The Hall–Kier alpha value is -2.27. The van der Waals surface area contributed by atoms with E-state index in [-0.39, 0.29) is 11.5 Å². The SMILES string of the molecule is COc1cc(C=CC(=O)c2sc(C)c3c2C[C@@H]2[C@H]3C2(C)C)cc(OC)c1O. The van der Waals surface area contributed by atoms with Crippen LogP contribution in [0, 0.1) is 18.3 Å². The van der Waals surface area contributed by atoms with Crippen LogP contribution in [0.4, 0.5) is 0 Å². The Morgan fingerprint density at radius 1 is 1.26 bits per heavy atom. The van der Waals surface area contributed by atoms with E-state index >= 15 is 0 Å². The number of carbonyl (C=O) groups is 1. The maximum absolute atomic E-state index is 12.9. The van der Waals surface area contributed by atoms with Crippen molar-refractivity contribution in [3.05, 3.63) is 44.7 Å². The average molecular weight is 384 g/mol. The van der Waals surface area contributed by atoms with Gasteiger partial charge in [0.15, 0.2) is 17.3 Å². The summed E-state index contributed by atoms with van der Waals surface area (Å²) < 4.78 is 10.3. The van der Waals surface area contributed by atoms with E-state index in [1.807, 2.05) is 0 Å². The van der Waals surface area contributed by atoms with Gasteiger partial charge in [0.1, 0.15) is 0 Å². The number of rotatable bonds is 5. The second kappa shape index (κ2) is 6.13. The standard InChI is InChI=1S/C22H24O4S/c1-11-18-13(10-14-19(18)22(14,2)3)21(27-11)15(23)7-6-12-8-16(25-4)20(24)17(9-12)26-5/h6-9,14,19,24H,10H2,1-5H3/t14-,19-/m1/s1. The Labute approximate surface area is 163 Å². The second-order valence-corrected chi connectivity index (χ2v) is 9.19. The van der Waals surface area contributed by atoms with E-state index in [2.05, 4.69) is 20.8 Å². The minimum Gasteiger partial charge on any atom is -0.502 e. The van der Waals surface area contributed by atoms with E-state index in [1.54, 1.807) is 35.6 Å². The highest BCUT2D eigenvalue weighted by Gasteiger charge is 2.63. The van der Waals surface area contributed by atoms with Gasteiger partial charge in [0, 0.05) is 4.88 Å². The maximum atomic E-state index is 12.9. The molecular weight excluding hydrogens is 360 g/mol. The Morgan fingerprint density at radius 2 is 1.89 bits per heavy atom. The summed E-state index contributed by atoms with van der Waals surface area (Å²) in [5.74, 6) is 1.94. The number of fused-ring (bicyclic) bond motifs is 3. The highest BCUT2D eigenvalue weighted by Crippen LogP contribution is 2.71. The van der Waals surface area contributed by atoms with Crippen LogP contribution in [0.5, 0.6) is 17.2 Å². The third-order valence-electron chi connectivity index (χ3n) is 6.17. The van der Waals surface area contributed by atoms with Gasteiger partial charge in [0.05, 0.1) is 19.1 Å². The van der Waals surface area contributed by atoms with Crippen LogP contribution in [0.3, 0.4) is 0 Å². The van der Waals surface area contributed by atoms with Gasteiger partial charge in [-0.25, -0.2) is 0 Å². The number of aromatic hydroxyl groups is 1. The molecule has 2 aliphatic rings. The number of allylic oxidation sites excluding steroid dienone is 1. The fourth-order valence-corrected chi connectivity index (χ4v) is 5.74. The molecular formula is C22H24O4S. The molecule has 4 rings (SSSR count). The molecule has 2 atom stereocenters. The summed E-state index contributed by atoms with van der Waals surface area (Å²) in [5.41, 5.74) is 3.82. The number of hydrogen-bond donors (Lipinski definition) is 1. The molecule has 1 saturated carbocycles. The first-order valence-corrected chi connectivity index (χ1v) is 9.90. The third kappa shape index (κ3) is 2.67. The molecule has 1 heterocycles. The molecule has 2 aliphatic carbocycles. The lowest BCUT2D eigenvalue weighted by Gasteiger charge is -2.10. The van der Waals surface area contributed by atoms with Crippen molar-refractivity contribution < 1.29 is 19.4 Å². The Kier molecular flexibility index (Phi) is 4.11. The number of benzene rings is 1. The highest BCUT2D eigenvalue weighted by molar-refractivity contribution is 7.14. The molecule has 2 aromatic rings. The summed E-state index contributed by atoms with van der Waals surface area (Å²) in [4.78, 5) is 15.0. The molecule has 1 aromatic heterocycles. The van der Waals surface area contributed by atoms with Crippen LogP contribution in [-0.4, -0.2) is 25.1 Å². The highest BCUT2D eigenvalue weighted by atomic mass is 32.1. The van der Waals surface area contributed by atoms with Crippen LogP contribution in [0.25, 0.3) is 6.08 Å². The number of hydrogen-bond acceptors (Lipinski definition) is 5. The number of phenolic OH excluding ortho intramolecular Hbond substituents is 1. The molecule has 0 radical (unpaired) electrons. The van der Waals surface area contributed by atoms with Gasteiger partial charge >= 0.3 is 0 Å². The normalized spacial score (nSPS) is 21.8. The smallest absolute Gasteiger partial charge is 0.200 e. The Bertz CT molecular complexity index is 942. The first kappa shape index (κ1) is 18.1. The predicted molar refractivity (Wildman–Crippen MR) is 107 cm³/mol. The zero-order chi connectivity index (χ0) is 19.5. The number of methoxy groups -OCH3 is 2. The fourth-order valence-electron chi connectivity index (χ4n) is 4.59. The molecule has 4 nitrogen and oxygen atoms in total. The van der Waals surface area contributed by atoms with Crippen molar-refractivity contribution in [1.29, 1.82) is 0 Å². The van der Waals surface area contributed by atoms with Gasteiger partial charge in [-0.15, -0.1) is 11.3 Å². The molecule has 0 amide bonds. The molecule has 0 bridgehead atoms. The minimum atomic E-state index is -0.0444. The zero-order valence-electron chi connectivity index (χ0n) is 16.3. The topological polar surface area (TPSA) is 55.8 Å².